The zero-order valence-electron chi connectivity index (χ0n) is 11.8. The van der Waals surface area contributed by atoms with Crippen LogP contribution in [0, 0.1) is 0 Å². The Morgan fingerprint density at radius 1 is 1.30 bits per heavy atom. The molecule has 1 amide bonds. The van der Waals surface area contributed by atoms with Gasteiger partial charge in [-0.1, -0.05) is 12.1 Å². The smallest absolute Gasteiger partial charge is 0.238 e. The van der Waals surface area contributed by atoms with Crippen LogP contribution < -0.4 is 10.6 Å². The molecule has 0 saturated carbocycles. The molecule has 0 bridgehead atoms. The Labute approximate surface area is 117 Å². The van der Waals surface area contributed by atoms with Gasteiger partial charge in [-0.25, -0.2) is 0 Å². The number of nitrogens with one attached hydrogen (secondary N) is 2. The summed E-state index contributed by atoms with van der Waals surface area (Å²) >= 11 is 0. The molecule has 0 radical (unpaired) electrons. The van der Waals surface area contributed by atoms with Crippen molar-refractivity contribution in [3.8, 4) is 5.69 Å². The highest BCUT2D eigenvalue weighted by Crippen LogP contribution is 2.18. The number of para-hydroxylation sites is 2. The lowest BCUT2D eigenvalue weighted by molar-refractivity contribution is -0.115. The van der Waals surface area contributed by atoms with Crippen molar-refractivity contribution in [3.63, 3.8) is 0 Å². The maximum atomic E-state index is 11.9. The molecular weight excluding hydrogens is 256 g/mol. The minimum Gasteiger partial charge on any atom is -0.323 e. The predicted molar refractivity (Wildman–Crippen MR) is 75.5 cm³/mol. The van der Waals surface area contributed by atoms with Gasteiger partial charge in [0.1, 0.15) is 6.33 Å². The highest BCUT2D eigenvalue weighted by molar-refractivity contribution is 5.94. The fraction of sp³-hybridized carbons (Fsp3) is 0.385. The average Bonchev–Trinajstić information content (AvgIpc) is 2.90. The topological polar surface area (TPSA) is 84.7 Å². The van der Waals surface area contributed by atoms with Gasteiger partial charge in [0.05, 0.1) is 17.9 Å². The van der Waals surface area contributed by atoms with Gasteiger partial charge >= 0.3 is 0 Å². The molecule has 0 spiro atoms. The van der Waals surface area contributed by atoms with Crippen LogP contribution >= 0.6 is 0 Å². The minimum atomic E-state index is -0.111. The van der Waals surface area contributed by atoms with Crippen LogP contribution in [0.1, 0.15) is 20.8 Å². The zero-order valence-corrected chi connectivity index (χ0v) is 11.8. The van der Waals surface area contributed by atoms with Crippen molar-refractivity contribution in [1.82, 2.24) is 25.5 Å². The van der Waals surface area contributed by atoms with Crippen molar-refractivity contribution < 1.29 is 4.79 Å². The number of carbonyl (C=O) groups excluding carboxylic acids is 1. The van der Waals surface area contributed by atoms with Crippen LogP contribution in [-0.2, 0) is 4.79 Å². The van der Waals surface area contributed by atoms with E-state index < -0.39 is 0 Å². The van der Waals surface area contributed by atoms with Gasteiger partial charge in [0, 0.05) is 5.54 Å². The number of amides is 1. The van der Waals surface area contributed by atoms with Crippen molar-refractivity contribution in [2.75, 3.05) is 11.9 Å². The Bertz CT molecular complexity index is 573. The highest BCUT2D eigenvalue weighted by atomic mass is 16.1. The maximum Gasteiger partial charge on any atom is 0.238 e. The van der Waals surface area contributed by atoms with Gasteiger partial charge in [0.15, 0.2) is 0 Å². The third kappa shape index (κ3) is 3.86. The number of hydrogen-bond donors (Lipinski definition) is 2. The van der Waals surface area contributed by atoms with Crippen LogP contribution in [0.15, 0.2) is 30.6 Å². The van der Waals surface area contributed by atoms with E-state index in [1.54, 1.807) is 0 Å². The largest absolute Gasteiger partial charge is 0.323 e. The summed E-state index contributed by atoms with van der Waals surface area (Å²) < 4.78 is 1.51. The summed E-state index contributed by atoms with van der Waals surface area (Å²) in [6.45, 7) is 6.27. The number of anilines is 1. The quantitative estimate of drug-likeness (QED) is 0.868. The lowest BCUT2D eigenvalue weighted by Crippen LogP contribution is -2.41. The normalized spacial score (nSPS) is 11.3. The van der Waals surface area contributed by atoms with E-state index in [4.69, 9.17) is 0 Å². The van der Waals surface area contributed by atoms with Crippen molar-refractivity contribution in [2.45, 2.75) is 26.3 Å². The van der Waals surface area contributed by atoms with E-state index in [1.165, 1.54) is 11.0 Å². The van der Waals surface area contributed by atoms with E-state index in [9.17, 15) is 4.79 Å². The Hall–Kier alpha value is -2.28. The van der Waals surface area contributed by atoms with Crippen molar-refractivity contribution in [1.29, 1.82) is 0 Å². The number of benzene rings is 1. The SMILES string of the molecule is CC(C)(C)NCC(=O)Nc1ccccc1-n1cnnn1. The second kappa shape index (κ2) is 5.79. The Morgan fingerprint density at radius 3 is 2.70 bits per heavy atom. The molecule has 1 heterocycles. The summed E-state index contributed by atoms with van der Waals surface area (Å²) in [6.07, 6.45) is 1.48. The Kier molecular flexibility index (Phi) is 4.09. The van der Waals surface area contributed by atoms with Crippen LogP contribution in [0.5, 0.6) is 0 Å². The molecule has 1 aromatic heterocycles. The first kappa shape index (κ1) is 14.1. The lowest BCUT2D eigenvalue weighted by Gasteiger charge is -2.20. The molecule has 0 fully saturated rings. The number of tetrazole rings is 1. The van der Waals surface area contributed by atoms with Crippen LogP contribution in [0.4, 0.5) is 5.69 Å². The number of aromatic nitrogens is 4. The number of nitrogens with zero attached hydrogens (tertiary/aromatic N) is 4. The fourth-order valence-corrected chi connectivity index (χ4v) is 1.59. The van der Waals surface area contributed by atoms with E-state index >= 15 is 0 Å². The first-order valence-electron chi connectivity index (χ1n) is 6.33. The zero-order chi connectivity index (χ0) is 14.6. The summed E-state index contributed by atoms with van der Waals surface area (Å²) in [6, 6.07) is 7.36. The summed E-state index contributed by atoms with van der Waals surface area (Å²) in [5.74, 6) is -0.111. The van der Waals surface area contributed by atoms with Crippen molar-refractivity contribution in [2.24, 2.45) is 0 Å². The molecule has 2 rings (SSSR count). The van der Waals surface area contributed by atoms with Crippen LogP contribution in [0.2, 0.25) is 0 Å². The first-order valence-corrected chi connectivity index (χ1v) is 6.33. The van der Waals surface area contributed by atoms with Gasteiger partial charge in [0.25, 0.3) is 0 Å². The van der Waals surface area contributed by atoms with Crippen molar-refractivity contribution in [3.05, 3.63) is 30.6 Å². The summed E-state index contributed by atoms with van der Waals surface area (Å²) in [5.41, 5.74) is 1.29. The van der Waals surface area contributed by atoms with Gasteiger partial charge in [-0.2, -0.15) is 4.68 Å². The van der Waals surface area contributed by atoms with Crippen LogP contribution in [-0.4, -0.2) is 38.2 Å². The Morgan fingerprint density at radius 2 is 2.05 bits per heavy atom. The lowest BCUT2D eigenvalue weighted by atomic mass is 10.1. The second-order valence-electron chi connectivity index (χ2n) is 5.42. The van der Waals surface area contributed by atoms with E-state index in [0.29, 0.717) is 5.69 Å². The molecule has 106 valence electrons. The van der Waals surface area contributed by atoms with Crippen LogP contribution in [0.3, 0.4) is 0 Å². The molecule has 2 N–H and O–H groups in total. The third-order valence-electron chi connectivity index (χ3n) is 2.55. The summed E-state index contributed by atoms with van der Waals surface area (Å²) in [5, 5.41) is 17.0. The van der Waals surface area contributed by atoms with Gasteiger partial charge < -0.3 is 10.6 Å². The molecule has 0 aliphatic rings. The summed E-state index contributed by atoms with van der Waals surface area (Å²) in [7, 11) is 0. The second-order valence-corrected chi connectivity index (χ2v) is 5.42. The monoisotopic (exact) mass is 274 g/mol. The number of hydrogen-bond acceptors (Lipinski definition) is 5. The standard InChI is InChI=1S/C13H18N6O/c1-13(2,3)14-8-12(20)16-10-6-4-5-7-11(10)19-9-15-17-18-19/h4-7,9,14H,8H2,1-3H3,(H,16,20). The Balaban J connectivity index is 2.08. The predicted octanol–water partition coefficient (Wildman–Crippen LogP) is 0.989. The molecule has 0 unspecified atom stereocenters. The molecule has 2 aromatic rings. The maximum absolute atomic E-state index is 11.9. The molecule has 0 atom stereocenters. The van der Waals surface area contributed by atoms with E-state index in [1.807, 2.05) is 45.0 Å². The molecule has 7 nitrogen and oxygen atoms in total. The molecule has 20 heavy (non-hydrogen) atoms. The van der Waals surface area contributed by atoms with Crippen LogP contribution in [0.25, 0.3) is 5.69 Å². The third-order valence-corrected chi connectivity index (χ3v) is 2.55. The summed E-state index contributed by atoms with van der Waals surface area (Å²) in [4.78, 5) is 11.9. The average molecular weight is 274 g/mol. The number of carbonyl (C=O) groups is 1. The van der Waals surface area contributed by atoms with E-state index in [2.05, 4.69) is 26.2 Å². The molecule has 7 heteroatoms. The molecule has 0 aliphatic carbocycles. The molecular formula is C13H18N6O. The molecule has 0 aliphatic heterocycles. The van der Waals surface area contributed by atoms with Gasteiger partial charge in [-0.15, -0.1) is 5.10 Å². The fourth-order valence-electron chi connectivity index (χ4n) is 1.59. The minimum absolute atomic E-state index is 0.104. The van der Waals surface area contributed by atoms with Crippen molar-refractivity contribution >= 4 is 11.6 Å². The van der Waals surface area contributed by atoms with E-state index in [-0.39, 0.29) is 18.0 Å². The number of rotatable bonds is 4. The van der Waals surface area contributed by atoms with Gasteiger partial charge in [0.2, 0.25) is 5.91 Å². The van der Waals surface area contributed by atoms with Gasteiger partial charge in [-0.05, 0) is 43.3 Å². The van der Waals surface area contributed by atoms with Gasteiger partial charge in [-0.3, -0.25) is 4.79 Å². The highest BCUT2D eigenvalue weighted by Gasteiger charge is 2.13. The molecule has 0 saturated heterocycles. The first-order chi connectivity index (χ1) is 9.46. The molecule has 1 aromatic carbocycles. The van der Waals surface area contributed by atoms with E-state index in [0.717, 1.165) is 5.69 Å².